The molecule has 2 rings (SSSR count). The topological polar surface area (TPSA) is 29.3 Å². The summed E-state index contributed by atoms with van der Waals surface area (Å²) in [4.78, 5) is 6.82. The number of aromatic nitrogens is 1. The van der Waals surface area contributed by atoms with Crippen molar-refractivity contribution >= 4 is 11.8 Å². The lowest BCUT2D eigenvalue weighted by Crippen LogP contribution is -2.29. The Balaban J connectivity index is 1.92. The maximum absolute atomic E-state index is 5.87. The van der Waals surface area contributed by atoms with E-state index in [1.807, 2.05) is 18.0 Å². The Bertz CT molecular complexity index is 411. The molecule has 0 spiro atoms. The van der Waals surface area contributed by atoms with Crippen molar-refractivity contribution in [2.75, 3.05) is 13.3 Å². The van der Waals surface area contributed by atoms with Crippen LogP contribution in [0.2, 0.25) is 0 Å². The molecule has 1 heterocycles. The largest absolute Gasteiger partial charge is 0.444 e. The van der Waals surface area contributed by atoms with Gasteiger partial charge in [-0.15, -0.1) is 0 Å². The summed E-state index contributed by atoms with van der Waals surface area (Å²) in [6.45, 7) is 7.28. The van der Waals surface area contributed by atoms with E-state index in [-0.39, 0.29) is 5.41 Å². The van der Waals surface area contributed by atoms with Gasteiger partial charge in [-0.25, -0.2) is 4.98 Å². The highest BCUT2D eigenvalue weighted by Crippen LogP contribution is 2.31. The van der Waals surface area contributed by atoms with Crippen molar-refractivity contribution in [3.63, 3.8) is 0 Å². The van der Waals surface area contributed by atoms with E-state index in [1.165, 1.54) is 19.3 Å². The van der Waals surface area contributed by atoms with E-state index in [9.17, 15) is 0 Å². The Hall–Kier alpha value is -0.480. The average molecular weight is 282 g/mol. The number of hydrogen-bond acceptors (Lipinski definition) is 4. The molecule has 0 bridgehead atoms. The lowest BCUT2D eigenvalue weighted by molar-refractivity contribution is 0.211. The second kappa shape index (κ2) is 5.88. The first-order valence-corrected chi connectivity index (χ1v) is 8.37. The highest BCUT2D eigenvalue weighted by molar-refractivity contribution is 7.99. The number of hydrogen-bond donors (Lipinski definition) is 0. The summed E-state index contributed by atoms with van der Waals surface area (Å²) in [5.74, 6) is 1.82. The molecule has 0 amide bonds. The van der Waals surface area contributed by atoms with Crippen molar-refractivity contribution in [2.45, 2.75) is 63.3 Å². The first-order valence-electron chi connectivity index (χ1n) is 7.08. The van der Waals surface area contributed by atoms with Crippen molar-refractivity contribution in [1.29, 1.82) is 0 Å². The predicted octanol–water partition coefficient (Wildman–Crippen LogP) is 3.69. The van der Waals surface area contributed by atoms with E-state index in [0.717, 1.165) is 23.4 Å². The van der Waals surface area contributed by atoms with E-state index < -0.39 is 0 Å². The monoisotopic (exact) mass is 282 g/mol. The Labute approximate surface area is 121 Å². The van der Waals surface area contributed by atoms with E-state index in [0.29, 0.717) is 6.04 Å². The summed E-state index contributed by atoms with van der Waals surface area (Å²) < 4.78 is 5.87. The summed E-state index contributed by atoms with van der Waals surface area (Å²) in [6, 6.07) is 0.683. The number of rotatable bonds is 4. The molecule has 1 aliphatic carbocycles. The maximum atomic E-state index is 5.87. The molecule has 1 aromatic heterocycles. The Morgan fingerprint density at radius 2 is 2.16 bits per heavy atom. The van der Waals surface area contributed by atoms with Crippen LogP contribution >= 0.6 is 11.8 Å². The molecule has 0 radical (unpaired) electrons. The number of nitrogens with zero attached hydrogens (tertiary/aromatic N) is 2. The minimum Gasteiger partial charge on any atom is -0.444 e. The molecule has 0 saturated heterocycles. The molecule has 4 heteroatoms. The molecule has 1 saturated carbocycles. The van der Waals surface area contributed by atoms with Crippen LogP contribution in [0, 0.1) is 0 Å². The standard InChI is InChI=1S/C15H26N2OS/c1-15(2,3)13-9-16-14(18-13)10-17(4)11-6-7-12(8-11)19-5/h9,11-12H,6-8,10H2,1-5H3/t11-,12-/m1/s1. The third kappa shape index (κ3) is 3.76. The fraction of sp³-hybridized carbons (Fsp3) is 0.800. The van der Waals surface area contributed by atoms with Gasteiger partial charge in [0, 0.05) is 16.7 Å². The van der Waals surface area contributed by atoms with Gasteiger partial charge >= 0.3 is 0 Å². The van der Waals surface area contributed by atoms with Gasteiger partial charge in [-0.2, -0.15) is 11.8 Å². The van der Waals surface area contributed by atoms with Crippen LogP contribution in [0.1, 0.15) is 51.7 Å². The van der Waals surface area contributed by atoms with Gasteiger partial charge in [0.25, 0.3) is 0 Å². The van der Waals surface area contributed by atoms with Crippen LogP contribution in [-0.2, 0) is 12.0 Å². The maximum Gasteiger partial charge on any atom is 0.208 e. The molecular weight excluding hydrogens is 256 g/mol. The molecule has 0 aromatic carbocycles. The lowest BCUT2D eigenvalue weighted by atomic mass is 9.94. The minimum absolute atomic E-state index is 0.0428. The van der Waals surface area contributed by atoms with E-state index >= 15 is 0 Å². The van der Waals surface area contributed by atoms with Crippen molar-refractivity contribution < 1.29 is 4.42 Å². The molecule has 0 N–H and O–H groups in total. The van der Waals surface area contributed by atoms with E-state index in [2.05, 4.69) is 44.0 Å². The van der Waals surface area contributed by atoms with Crippen LogP contribution in [0.25, 0.3) is 0 Å². The molecule has 1 aliphatic rings. The molecule has 0 unspecified atom stereocenters. The normalized spacial score (nSPS) is 24.3. The van der Waals surface area contributed by atoms with Gasteiger partial charge in [0.2, 0.25) is 5.89 Å². The summed E-state index contributed by atoms with van der Waals surface area (Å²) in [5.41, 5.74) is 0.0428. The zero-order chi connectivity index (χ0) is 14.0. The first-order chi connectivity index (χ1) is 8.90. The quantitative estimate of drug-likeness (QED) is 0.842. The third-order valence-electron chi connectivity index (χ3n) is 3.99. The van der Waals surface area contributed by atoms with Crippen LogP contribution < -0.4 is 0 Å². The molecular formula is C15H26N2OS. The zero-order valence-electron chi connectivity index (χ0n) is 12.8. The van der Waals surface area contributed by atoms with Crippen LogP contribution in [0.3, 0.4) is 0 Å². The molecule has 1 aromatic rings. The van der Waals surface area contributed by atoms with Crippen molar-refractivity contribution in [3.8, 4) is 0 Å². The van der Waals surface area contributed by atoms with Crippen LogP contribution in [0.4, 0.5) is 0 Å². The summed E-state index contributed by atoms with van der Waals surface area (Å²) in [5, 5.41) is 0.835. The van der Waals surface area contributed by atoms with Crippen molar-refractivity contribution in [1.82, 2.24) is 9.88 Å². The van der Waals surface area contributed by atoms with Gasteiger partial charge in [-0.1, -0.05) is 20.8 Å². The fourth-order valence-corrected chi connectivity index (χ4v) is 3.39. The highest BCUT2D eigenvalue weighted by atomic mass is 32.2. The van der Waals surface area contributed by atoms with Gasteiger partial charge in [-0.05, 0) is 32.6 Å². The van der Waals surface area contributed by atoms with Crippen LogP contribution in [0.15, 0.2) is 10.6 Å². The average Bonchev–Trinajstić information content (AvgIpc) is 2.95. The Morgan fingerprint density at radius 1 is 1.42 bits per heavy atom. The SMILES string of the molecule is CS[C@@H]1CC[C@@H](N(C)Cc2ncc(C(C)(C)C)o2)C1. The van der Waals surface area contributed by atoms with Crippen LogP contribution in [-0.4, -0.2) is 34.5 Å². The van der Waals surface area contributed by atoms with Gasteiger partial charge in [0.05, 0.1) is 12.7 Å². The molecule has 3 nitrogen and oxygen atoms in total. The van der Waals surface area contributed by atoms with Crippen LogP contribution in [0.5, 0.6) is 0 Å². The molecule has 0 aliphatic heterocycles. The van der Waals surface area contributed by atoms with Gasteiger partial charge < -0.3 is 4.42 Å². The smallest absolute Gasteiger partial charge is 0.208 e. The lowest BCUT2D eigenvalue weighted by Gasteiger charge is -2.22. The number of thioether (sulfide) groups is 1. The van der Waals surface area contributed by atoms with Crippen molar-refractivity contribution in [3.05, 3.63) is 17.8 Å². The summed E-state index contributed by atoms with van der Waals surface area (Å²) >= 11 is 2.00. The number of oxazole rings is 1. The first kappa shape index (κ1) is 14.9. The summed E-state index contributed by atoms with van der Waals surface area (Å²) in [7, 11) is 2.19. The zero-order valence-corrected chi connectivity index (χ0v) is 13.6. The minimum atomic E-state index is 0.0428. The summed E-state index contributed by atoms with van der Waals surface area (Å²) in [6.07, 6.45) is 8.04. The third-order valence-corrected chi connectivity index (χ3v) is 5.09. The second-order valence-corrected chi connectivity index (χ2v) is 7.75. The van der Waals surface area contributed by atoms with Gasteiger partial charge in [-0.3, -0.25) is 4.90 Å². The molecule has 2 atom stereocenters. The van der Waals surface area contributed by atoms with E-state index in [4.69, 9.17) is 4.42 Å². The van der Waals surface area contributed by atoms with Crippen molar-refractivity contribution in [2.24, 2.45) is 0 Å². The Morgan fingerprint density at radius 3 is 2.68 bits per heavy atom. The molecule has 108 valence electrons. The van der Waals surface area contributed by atoms with Gasteiger partial charge in [0.15, 0.2) is 0 Å². The predicted molar refractivity (Wildman–Crippen MR) is 81.6 cm³/mol. The molecule has 19 heavy (non-hydrogen) atoms. The second-order valence-electron chi connectivity index (χ2n) is 6.61. The Kier molecular flexibility index (Phi) is 4.62. The molecule has 1 fully saturated rings. The van der Waals surface area contributed by atoms with Gasteiger partial charge in [0.1, 0.15) is 5.76 Å². The fourth-order valence-electron chi connectivity index (χ4n) is 2.60. The highest BCUT2D eigenvalue weighted by Gasteiger charge is 2.28. The van der Waals surface area contributed by atoms with E-state index in [1.54, 1.807) is 0 Å².